The normalized spacial score (nSPS) is 10.3. The predicted octanol–water partition coefficient (Wildman–Crippen LogP) is 3.79. The number of halogens is 1. The van der Waals surface area contributed by atoms with E-state index in [1.807, 2.05) is 36.4 Å². The van der Waals surface area contributed by atoms with Gasteiger partial charge in [-0.1, -0.05) is 48.0 Å². The summed E-state index contributed by atoms with van der Waals surface area (Å²) in [7, 11) is 0. The highest BCUT2D eigenvalue weighted by atomic mass is 35.5. The molecule has 0 aliphatic carbocycles. The number of hydrogen-bond donors (Lipinski definition) is 1. The molecule has 23 heavy (non-hydrogen) atoms. The van der Waals surface area contributed by atoms with E-state index < -0.39 is 5.43 Å². The van der Waals surface area contributed by atoms with Crippen LogP contribution in [0.5, 0.6) is 17.4 Å². The summed E-state index contributed by atoms with van der Waals surface area (Å²) in [6, 6.07) is 18.0. The Morgan fingerprint density at radius 2 is 1.78 bits per heavy atom. The Labute approximate surface area is 137 Å². The minimum atomic E-state index is -0.399. The van der Waals surface area contributed by atoms with Crippen molar-refractivity contribution in [1.29, 1.82) is 0 Å². The molecule has 0 atom stereocenters. The molecule has 0 radical (unpaired) electrons. The van der Waals surface area contributed by atoms with Gasteiger partial charge in [0.1, 0.15) is 23.3 Å². The third-order valence-corrected chi connectivity index (χ3v) is 3.19. The SMILES string of the molecule is O=c1cc(Cl)[nH]nc1Oc1cccc(OCc2ccccc2)c1. The molecule has 0 saturated heterocycles. The molecule has 5 nitrogen and oxygen atoms in total. The van der Waals surface area contributed by atoms with Gasteiger partial charge in [-0.05, 0) is 17.7 Å². The van der Waals surface area contributed by atoms with Gasteiger partial charge in [-0.2, -0.15) is 0 Å². The van der Waals surface area contributed by atoms with Crippen LogP contribution >= 0.6 is 11.6 Å². The number of hydrogen-bond acceptors (Lipinski definition) is 4. The Balaban J connectivity index is 1.71. The van der Waals surface area contributed by atoms with Crippen molar-refractivity contribution in [3.63, 3.8) is 0 Å². The van der Waals surface area contributed by atoms with Gasteiger partial charge in [0.15, 0.2) is 0 Å². The van der Waals surface area contributed by atoms with E-state index >= 15 is 0 Å². The molecule has 3 rings (SSSR count). The molecule has 1 heterocycles. The Morgan fingerprint density at radius 3 is 2.57 bits per heavy atom. The standard InChI is InChI=1S/C17H13ClN2O3/c18-16-10-15(21)17(20-19-16)23-14-8-4-7-13(9-14)22-11-12-5-2-1-3-6-12/h1-10H,11H2,(H,19,21). The molecule has 1 N–H and O–H groups in total. The van der Waals surface area contributed by atoms with Crippen LogP contribution in [0.3, 0.4) is 0 Å². The van der Waals surface area contributed by atoms with E-state index in [2.05, 4.69) is 10.2 Å². The van der Waals surface area contributed by atoms with Gasteiger partial charge in [-0.3, -0.25) is 9.89 Å². The first-order chi connectivity index (χ1) is 11.2. The van der Waals surface area contributed by atoms with E-state index in [0.717, 1.165) is 5.56 Å². The Kier molecular flexibility index (Phi) is 4.59. The summed E-state index contributed by atoms with van der Waals surface area (Å²) < 4.78 is 11.2. The third kappa shape index (κ3) is 4.11. The van der Waals surface area contributed by atoms with E-state index in [0.29, 0.717) is 18.1 Å². The zero-order valence-corrected chi connectivity index (χ0v) is 12.8. The van der Waals surface area contributed by atoms with Gasteiger partial charge < -0.3 is 9.47 Å². The quantitative estimate of drug-likeness (QED) is 0.773. The topological polar surface area (TPSA) is 64.2 Å². The minimum Gasteiger partial charge on any atom is -0.489 e. The smallest absolute Gasteiger partial charge is 0.285 e. The molecule has 6 heteroatoms. The van der Waals surface area contributed by atoms with Gasteiger partial charge in [0, 0.05) is 12.1 Å². The fraction of sp³-hybridized carbons (Fsp3) is 0.0588. The minimum absolute atomic E-state index is 0.0744. The lowest BCUT2D eigenvalue weighted by Crippen LogP contribution is -2.07. The second kappa shape index (κ2) is 6.98. The first kappa shape index (κ1) is 15.1. The number of rotatable bonds is 5. The molecule has 0 unspecified atom stereocenters. The number of nitrogens with one attached hydrogen (secondary N) is 1. The number of H-pyrrole nitrogens is 1. The number of ether oxygens (including phenoxy) is 2. The molecular weight excluding hydrogens is 316 g/mol. The van der Waals surface area contributed by atoms with Crippen LogP contribution in [-0.4, -0.2) is 10.2 Å². The fourth-order valence-corrected chi connectivity index (χ4v) is 2.06. The van der Waals surface area contributed by atoms with Crippen LogP contribution in [0.1, 0.15) is 5.56 Å². The highest BCUT2D eigenvalue weighted by Gasteiger charge is 2.06. The van der Waals surface area contributed by atoms with E-state index in [-0.39, 0.29) is 11.0 Å². The Hall–Kier alpha value is -2.79. The van der Waals surface area contributed by atoms with Crippen LogP contribution < -0.4 is 14.9 Å². The maximum absolute atomic E-state index is 11.7. The molecule has 0 saturated carbocycles. The molecule has 2 aromatic carbocycles. The molecular formula is C17H13ClN2O3. The summed E-state index contributed by atoms with van der Waals surface area (Å²) in [5.41, 5.74) is 0.666. The van der Waals surface area contributed by atoms with Crippen LogP contribution in [0, 0.1) is 0 Å². The lowest BCUT2D eigenvalue weighted by Gasteiger charge is -2.08. The van der Waals surface area contributed by atoms with E-state index in [1.165, 1.54) is 6.07 Å². The molecule has 0 aliphatic rings. The van der Waals surface area contributed by atoms with Gasteiger partial charge in [-0.25, -0.2) is 0 Å². The first-order valence-electron chi connectivity index (χ1n) is 6.90. The lowest BCUT2D eigenvalue weighted by atomic mass is 10.2. The van der Waals surface area contributed by atoms with Crippen LogP contribution in [0.2, 0.25) is 5.15 Å². The molecule has 1 aromatic heterocycles. The van der Waals surface area contributed by atoms with E-state index in [4.69, 9.17) is 21.1 Å². The molecule has 0 bridgehead atoms. The predicted molar refractivity (Wildman–Crippen MR) is 87.2 cm³/mol. The van der Waals surface area contributed by atoms with Crippen molar-refractivity contribution >= 4 is 11.6 Å². The second-order valence-electron chi connectivity index (χ2n) is 4.74. The van der Waals surface area contributed by atoms with Crippen LogP contribution in [0.25, 0.3) is 0 Å². The molecule has 0 aliphatic heterocycles. The second-order valence-corrected chi connectivity index (χ2v) is 5.14. The monoisotopic (exact) mass is 328 g/mol. The van der Waals surface area contributed by atoms with Crippen molar-refractivity contribution in [2.24, 2.45) is 0 Å². The number of aromatic nitrogens is 2. The fourth-order valence-electron chi connectivity index (χ4n) is 1.92. The molecule has 0 fully saturated rings. The Bertz CT molecular complexity index is 850. The highest BCUT2D eigenvalue weighted by Crippen LogP contribution is 2.23. The number of benzene rings is 2. The number of nitrogens with zero attached hydrogens (tertiary/aromatic N) is 1. The van der Waals surface area contributed by atoms with Gasteiger partial charge in [0.2, 0.25) is 5.43 Å². The molecule has 0 spiro atoms. The van der Waals surface area contributed by atoms with Crippen LogP contribution in [0.15, 0.2) is 65.5 Å². The average molecular weight is 329 g/mol. The maximum atomic E-state index is 11.7. The van der Waals surface area contributed by atoms with Crippen molar-refractivity contribution in [2.75, 3.05) is 0 Å². The van der Waals surface area contributed by atoms with E-state index in [1.54, 1.807) is 18.2 Å². The van der Waals surface area contributed by atoms with Crippen molar-refractivity contribution in [3.05, 3.63) is 81.6 Å². The maximum Gasteiger partial charge on any atom is 0.285 e. The lowest BCUT2D eigenvalue weighted by molar-refractivity contribution is 0.304. The van der Waals surface area contributed by atoms with Gasteiger partial charge in [-0.15, -0.1) is 5.10 Å². The highest BCUT2D eigenvalue weighted by molar-refractivity contribution is 6.29. The molecule has 0 amide bonds. The zero-order chi connectivity index (χ0) is 16.1. The third-order valence-electron chi connectivity index (χ3n) is 3.00. The number of aromatic amines is 1. The zero-order valence-electron chi connectivity index (χ0n) is 12.0. The van der Waals surface area contributed by atoms with E-state index in [9.17, 15) is 4.79 Å². The van der Waals surface area contributed by atoms with Crippen molar-refractivity contribution < 1.29 is 9.47 Å². The summed E-state index contributed by atoms with van der Waals surface area (Å²) in [6.07, 6.45) is 0. The summed E-state index contributed by atoms with van der Waals surface area (Å²) in [5.74, 6) is 1.02. The van der Waals surface area contributed by atoms with Gasteiger partial charge in [0.25, 0.3) is 5.88 Å². The summed E-state index contributed by atoms with van der Waals surface area (Å²) in [5, 5.41) is 6.40. The largest absolute Gasteiger partial charge is 0.489 e. The van der Waals surface area contributed by atoms with Crippen LogP contribution in [-0.2, 0) is 6.61 Å². The molecule has 3 aromatic rings. The first-order valence-corrected chi connectivity index (χ1v) is 7.28. The van der Waals surface area contributed by atoms with Crippen molar-refractivity contribution in [2.45, 2.75) is 6.61 Å². The van der Waals surface area contributed by atoms with Gasteiger partial charge in [0.05, 0.1) is 0 Å². The van der Waals surface area contributed by atoms with Crippen LogP contribution in [0.4, 0.5) is 0 Å². The Morgan fingerprint density at radius 1 is 1.00 bits per heavy atom. The summed E-state index contributed by atoms with van der Waals surface area (Å²) >= 11 is 5.65. The summed E-state index contributed by atoms with van der Waals surface area (Å²) in [6.45, 7) is 0.448. The van der Waals surface area contributed by atoms with Crippen molar-refractivity contribution in [1.82, 2.24) is 10.2 Å². The molecule has 116 valence electrons. The summed E-state index contributed by atoms with van der Waals surface area (Å²) in [4.78, 5) is 11.7. The average Bonchev–Trinajstić information content (AvgIpc) is 2.57. The van der Waals surface area contributed by atoms with Crippen molar-refractivity contribution in [3.8, 4) is 17.4 Å². The van der Waals surface area contributed by atoms with Gasteiger partial charge >= 0.3 is 0 Å².